The predicted molar refractivity (Wildman–Crippen MR) is 85.7 cm³/mol. The number of nitrogens with zero attached hydrogens (tertiary/aromatic N) is 4. The highest BCUT2D eigenvalue weighted by Gasteiger charge is 2.19. The molecular weight excluding hydrogens is 298 g/mol. The number of hydrogen-bond donors (Lipinski definition) is 1. The Bertz CT molecular complexity index is 878. The van der Waals surface area contributed by atoms with Crippen LogP contribution in [0.15, 0.2) is 42.7 Å². The van der Waals surface area contributed by atoms with E-state index in [1.54, 1.807) is 18.5 Å². The summed E-state index contributed by atoms with van der Waals surface area (Å²) in [4.78, 5) is 4.04. The van der Waals surface area contributed by atoms with Gasteiger partial charge in [0.2, 0.25) is 0 Å². The zero-order valence-corrected chi connectivity index (χ0v) is 12.5. The molecule has 0 aliphatic carbocycles. The van der Waals surface area contributed by atoms with Crippen LogP contribution in [0.25, 0.3) is 16.9 Å². The zero-order valence-electron chi connectivity index (χ0n) is 11.8. The maximum Gasteiger partial charge on any atom is 0.145 e. The molecular formula is C16H12ClN5. The third-order valence-electron chi connectivity index (χ3n) is 3.30. The molecule has 22 heavy (non-hydrogen) atoms. The number of hydrogen-bond acceptors (Lipinski definition) is 4. The SMILES string of the molecule is Cc1ccc(-c2nn(-c3cccnc3)c(N)c2C#N)c(Cl)c1. The van der Waals surface area contributed by atoms with Crippen LogP contribution >= 0.6 is 11.6 Å². The minimum Gasteiger partial charge on any atom is -0.382 e. The number of nitrogen functional groups attached to an aromatic ring is 1. The van der Waals surface area contributed by atoms with Crippen molar-refractivity contribution in [3.63, 3.8) is 0 Å². The molecule has 2 aromatic heterocycles. The van der Waals surface area contributed by atoms with E-state index in [0.29, 0.717) is 27.5 Å². The zero-order chi connectivity index (χ0) is 15.7. The minimum atomic E-state index is 0.266. The number of aryl methyl sites for hydroxylation is 1. The summed E-state index contributed by atoms with van der Waals surface area (Å²) in [7, 11) is 0. The van der Waals surface area contributed by atoms with Gasteiger partial charge in [-0.2, -0.15) is 10.4 Å². The third kappa shape index (κ3) is 2.30. The van der Waals surface area contributed by atoms with Gasteiger partial charge in [0, 0.05) is 11.8 Å². The summed E-state index contributed by atoms with van der Waals surface area (Å²) in [5.74, 6) is 0.266. The van der Waals surface area contributed by atoms with Gasteiger partial charge >= 0.3 is 0 Å². The van der Waals surface area contributed by atoms with Crippen LogP contribution < -0.4 is 5.73 Å². The Kier molecular flexibility index (Phi) is 3.53. The second-order valence-electron chi connectivity index (χ2n) is 4.83. The van der Waals surface area contributed by atoms with Crippen LogP contribution in [-0.4, -0.2) is 14.8 Å². The first-order chi connectivity index (χ1) is 10.6. The molecule has 2 heterocycles. The molecule has 108 valence electrons. The van der Waals surface area contributed by atoms with E-state index in [-0.39, 0.29) is 5.82 Å². The Morgan fingerprint density at radius 3 is 2.77 bits per heavy atom. The average Bonchev–Trinajstić information content (AvgIpc) is 2.84. The largest absolute Gasteiger partial charge is 0.382 e. The number of rotatable bonds is 2. The van der Waals surface area contributed by atoms with E-state index in [0.717, 1.165) is 5.56 Å². The van der Waals surface area contributed by atoms with Gasteiger partial charge in [-0.1, -0.05) is 23.7 Å². The average molecular weight is 310 g/mol. The van der Waals surface area contributed by atoms with Gasteiger partial charge in [-0.15, -0.1) is 0 Å². The van der Waals surface area contributed by atoms with Gasteiger partial charge in [0.05, 0.1) is 16.9 Å². The van der Waals surface area contributed by atoms with Gasteiger partial charge in [-0.3, -0.25) is 4.98 Å². The van der Waals surface area contributed by atoms with Gasteiger partial charge in [-0.05, 0) is 30.7 Å². The van der Waals surface area contributed by atoms with E-state index >= 15 is 0 Å². The van der Waals surface area contributed by atoms with Crippen LogP contribution in [-0.2, 0) is 0 Å². The van der Waals surface area contributed by atoms with Crippen molar-refractivity contribution in [3.05, 3.63) is 58.9 Å². The van der Waals surface area contributed by atoms with Crippen LogP contribution in [0.1, 0.15) is 11.1 Å². The topological polar surface area (TPSA) is 80.5 Å². The number of aromatic nitrogens is 3. The maximum atomic E-state index is 9.42. The van der Waals surface area contributed by atoms with E-state index in [1.807, 2.05) is 31.2 Å². The number of nitriles is 1. The molecule has 1 aromatic carbocycles. The molecule has 3 aromatic rings. The highest BCUT2D eigenvalue weighted by molar-refractivity contribution is 6.33. The number of pyridine rings is 1. The van der Waals surface area contributed by atoms with Crippen molar-refractivity contribution >= 4 is 17.4 Å². The standard InChI is InChI=1S/C16H12ClN5/c1-10-4-5-12(14(17)7-10)15-13(8-18)16(19)22(21-15)11-3-2-6-20-9-11/h2-7,9H,19H2,1H3. The summed E-state index contributed by atoms with van der Waals surface area (Å²) in [6.45, 7) is 1.95. The summed E-state index contributed by atoms with van der Waals surface area (Å²) >= 11 is 6.29. The van der Waals surface area contributed by atoms with Crippen molar-refractivity contribution < 1.29 is 0 Å². The highest BCUT2D eigenvalue weighted by atomic mass is 35.5. The summed E-state index contributed by atoms with van der Waals surface area (Å²) < 4.78 is 1.50. The van der Waals surface area contributed by atoms with Crippen molar-refractivity contribution in [1.82, 2.24) is 14.8 Å². The van der Waals surface area contributed by atoms with Crippen molar-refractivity contribution in [3.8, 4) is 23.0 Å². The summed E-state index contributed by atoms with van der Waals surface area (Å²) in [5, 5.41) is 14.4. The molecule has 0 unspecified atom stereocenters. The molecule has 0 amide bonds. The monoisotopic (exact) mass is 309 g/mol. The highest BCUT2D eigenvalue weighted by Crippen LogP contribution is 2.33. The second kappa shape index (κ2) is 5.51. The van der Waals surface area contributed by atoms with Gasteiger partial charge in [0.25, 0.3) is 0 Å². The molecule has 2 N–H and O–H groups in total. The van der Waals surface area contributed by atoms with Crippen molar-refractivity contribution in [2.45, 2.75) is 6.92 Å². The van der Waals surface area contributed by atoms with E-state index < -0.39 is 0 Å². The molecule has 0 spiro atoms. The van der Waals surface area contributed by atoms with Crippen molar-refractivity contribution in [1.29, 1.82) is 5.26 Å². The fraction of sp³-hybridized carbons (Fsp3) is 0.0625. The molecule has 5 nitrogen and oxygen atoms in total. The Morgan fingerprint density at radius 2 is 2.14 bits per heavy atom. The van der Waals surface area contributed by atoms with Gasteiger partial charge in [0.15, 0.2) is 0 Å². The number of nitrogens with two attached hydrogens (primary N) is 1. The Morgan fingerprint density at radius 1 is 1.32 bits per heavy atom. The third-order valence-corrected chi connectivity index (χ3v) is 3.62. The molecule has 3 rings (SSSR count). The van der Waals surface area contributed by atoms with Gasteiger partial charge < -0.3 is 5.73 Å². The second-order valence-corrected chi connectivity index (χ2v) is 5.23. The number of benzene rings is 1. The molecule has 0 aliphatic heterocycles. The smallest absolute Gasteiger partial charge is 0.145 e. The number of anilines is 1. The summed E-state index contributed by atoms with van der Waals surface area (Å²) in [6.07, 6.45) is 3.29. The van der Waals surface area contributed by atoms with Crippen LogP contribution in [0.2, 0.25) is 5.02 Å². The molecule has 0 aliphatic rings. The lowest BCUT2D eigenvalue weighted by Crippen LogP contribution is -2.02. The quantitative estimate of drug-likeness (QED) is 0.787. The van der Waals surface area contributed by atoms with E-state index in [2.05, 4.69) is 16.2 Å². The van der Waals surface area contributed by atoms with Crippen LogP contribution in [0, 0.1) is 18.3 Å². The normalized spacial score (nSPS) is 10.4. The maximum absolute atomic E-state index is 9.42. The molecule has 0 fully saturated rings. The molecule has 0 radical (unpaired) electrons. The summed E-state index contributed by atoms with van der Waals surface area (Å²) in [6, 6.07) is 11.3. The molecule has 6 heteroatoms. The van der Waals surface area contributed by atoms with E-state index in [1.165, 1.54) is 4.68 Å². The van der Waals surface area contributed by atoms with Crippen LogP contribution in [0.3, 0.4) is 0 Å². The van der Waals surface area contributed by atoms with Gasteiger partial charge in [0.1, 0.15) is 23.1 Å². The van der Waals surface area contributed by atoms with Crippen LogP contribution in [0.5, 0.6) is 0 Å². The fourth-order valence-corrected chi connectivity index (χ4v) is 2.54. The van der Waals surface area contributed by atoms with Crippen molar-refractivity contribution in [2.24, 2.45) is 0 Å². The first kappa shape index (κ1) is 14.1. The molecule has 0 bridgehead atoms. The van der Waals surface area contributed by atoms with Crippen LogP contribution in [0.4, 0.5) is 5.82 Å². The van der Waals surface area contributed by atoms with E-state index in [4.69, 9.17) is 17.3 Å². The Labute approximate surface area is 132 Å². The Hall–Kier alpha value is -2.84. The lowest BCUT2D eigenvalue weighted by molar-refractivity contribution is 0.888. The molecule has 0 saturated heterocycles. The van der Waals surface area contributed by atoms with E-state index in [9.17, 15) is 5.26 Å². The lowest BCUT2D eigenvalue weighted by Gasteiger charge is -2.03. The summed E-state index contributed by atoms with van der Waals surface area (Å²) in [5.41, 5.74) is 9.24. The Balaban J connectivity index is 2.24. The first-order valence-corrected chi connectivity index (χ1v) is 6.95. The fourth-order valence-electron chi connectivity index (χ4n) is 2.22. The number of halogens is 1. The first-order valence-electron chi connectivity index (χ1n) is 6.57. The predicted octanol–water partition coefficient (Wildman–Crippen LogP) is 3.35. The molecule has 0 atom stereocenters. The molecule has 0 saturated carbocycles. The van der Waals surface area contributed by atoms with Crippen molar-refractivity contribution in [2.75, 3.05) is 5.73 Å². The minimum absolute atomic E-state index is 0.266. The lowest BCUT2D eigenvalue weighted by atomic mass is 10.1. The van der Waals surface area contributed by atoms with Gasteiger partial charge in [-0.25, -0.2) is 4.68 Å².